The van der Waals surface area contributed by atoms with Gasteiger partial charge in [0.2, 0.25) is 5.88 Å². The summed E-state index contributed by atoms with van der Waals surface area (Å²) in [5.74, 6) is 0.595. The molecule has 2 aromatic rings. The molecule has 4 nitrogen and oxygen atoms in total. The molecule has 0 atom stereocenters. The lowest BCUT2D eigenvalue weighted by Gasteiger charge is -2.25. The van der Waals surface area contributed by atoms with Crippen LogP contribution in [0.5, 0.6) is 11.6 Å². The van der Waals surface area contributed by atoms with Crippen LogP contribution in [0.3, 0.4) is 0 Å². The van der Waals surface area contributed by atoms with E-state index in [0.29, 0.717) is 28.2 Å². The highest BCUT2D eigenvalue weighted by atomic mass is 79.9. The first-order valence-electron chi connectivity index (χ1n) is 7.49. The summed E-state index contributed by atoms with van der Waals surface area (Å²) in [4.78, 5) is 16.5. The van der Waals surface area contributed by atoms with Crippen molar-refractivity contribution < 1.29 is 13.9 Å². The fourth-order valence-corrected chi connectivity index (χ4v) is 2.77. The van der Waals surface area contributed by atoms with Crippen molar-refractivity contribution in [3.05, 3.63) is 52.4 Å². The van der Waals surface area contributed by atoms with Crippen molar-refractivity contribution in [2.24, 2.45) is 5.92 Å². The molecule has 0 unspecified atom stereocenters. The molecule has 0 spiro atoms. The number of hydrogen-bond acceptors (Lipinski definition) is 3. The Labute approximate surface area is 142 Å². The largest absolute Gasteiger partial charge is 0.437 e. The summed E-state index contributed by atoms with van der Waals surface area (Å²) in [5, 5.41) is 2.92. The number of carbonyl (C=O) groups is 1. The number of pyridine rings is 1. The lowest BCUT2D eigenvalue weighted by atomic mass is 9.85. The predicted molar refractivity (Wildman–Crippen MR) is 88.1 cm³/mol. The maximum Gasteiger partial charge on any atom is 0.256 e. The van der Waals surface area contributed by atoms with Crippen LogP contribution in [0.1, 0.15) is 29.6 Å². The standard InChI is InChI=1S/C17H16BrFN2O2/c18-14-9-12(19)6-7-15(14)23-17-13(5-2-8-20-17)16(22)21-10-11-3-1-4-11/h2,5-9,11H,1,3-4,10H2,(H,21,22). The molecule has 0 bridgehead atoms. The molecule has 1 aromatic carbocycles. The summed E-state index contributed by atoms with van der Waals surface area (Å²) >= 11 is 3.24. The van der Waals surface area contributed by atoms with E-state index >= 15 is 0 Å². The molecular weight excluding hydrogens is 363 g/mol. The molecule has 3 rings (SSSR count). The van der Waals surface area contributed by atoms with Crippen molar-refractivity contribution in [1.29, 1.82) is 0 Å². The molecular formula is C17H16BrFN2O2. The molecule has 6 heteroatoms. The van der Waals surface area contributed by atoms with E-state index in [1.165, 1.54) is 37.5 Å². The highest BCUT2D eigenvalue weighted by Crippen LogP contribution is 2.31. The molecule has 1 saturated carbocycles. The minimum absolute atomic E-state index is 0.200. The van der Waals surface area contributed by atoms with Gasteiger partial charge in [-0.1, -0.05) is 6.42 Å². The number of aromatic nitrogens is 1. The Kier molecular flexibility index (Phi) is 4.91. The Bertz CT molecular complexity index is 719. The molecule has 1 amide bonds. The van der Waals surface area contributed by atoms with E-state index < -0.39 is 0 Å². The molecule has 0 aliphatic heterocycles. The number of ether oxygens (including phenoxy) is 1. The number of hydrogen-bond donors (Lipinski definition) is 1. The molecule has 23 heavy (non-hydrogen) atoms. The summed E-state index contributed by atoms with van der Waals surface area (Å²) in [7, 11) is 0. The lowest BCUT2D eigenvalue weighted by molar-refractivity contribution is 0.0936. The molecule has 1 fully saturated rings. The second-order valence-corrected chi connectivity index (χ2v) is 6.39. The normalized spacial score (nSPS) is 14.2. The van der Waals surface area contributed by atoms with Gasteiger partial charge in [-0.15, -0.1) is 0 Å². The van der Waals surface area contributed by atoms with Crippen molar-refractivity contribution in [2.75, 3.05) is 6.54 Å². The molecule has 120 valence electrons. The van der Waals surface area contributed by atoms with Crippen molar-refractivity contribution >= 4 is 21.8 Å². The minimum Gasteiger partial charge on any atom is -0.437 e. The smallest absolute Gasteiger partial charge is 0.256 e. The van der Waals surface area contributed by atoms with Gasteiger partial charge in [-0.3, -0.25) is 4.79 Å². The second-order valence-electron chi connectivity index (χ2n) is 5.54. The fraction of sp³-hybridized carbons (Fsp3) is 0.294. The zero-order valence-corrected chi connectivity index (χ0v) is 14.0. The Morgan fingerprint density at radius 2 is 2.22 bits per heavy atom. The van der Waals surface area contributed by atoms with Gasteiger partial charge < -0.3 is 10.1 Å². The molecule has 1 aromatic heterocycles. The maximum absolute atomic E-state index is 13.1. The molecule has 0 radical (unpaired) electrons. The topological polar surface area (TPSA) is 51.2 Å². The summed E-state index contributed by atoms with van der Waals surface area (Å²) in [6, 6.07) is 7.43. The number of nitrogens with zero attached hydrogens (tertiary/aromatic N) is 1. The first-order valence-corrected chi connectivity index (χ1v) is 8.29. The number of rotatable bonds is 5. The highest BCUT2D eigenvalue weighted by Gasteiger charge is 2.20. The summed E-state index contributed by atoms with van der Waals surface area (Å²) in [6.45, 7) is 0.674. The first-order chi connectivity index (χ1) is 11.1. The van der Waals surface area contributed by atoms with Crippen molar-refractivity contribution in [2.45, 2.75) is 19.3 Å². The number of halogens is 2. The van der Waals surface area contributed by atoms with E-state index in [4.69, 9.17) is 4.74 Å². The zero-order chi connectivity index (χ0) is 16.2. The minimum atomic E-state index is -0.372. The van der Waals surface area contributed by atoms with Gasteiger partial charge in [0.25, 0.3) is 5.91 Å². The van der Waals surface area contributed by atoms with Gasteiger partial charge in [-0.2, -0.15) is 0 Å². The van der Waals surface area contributed by atoms with E-state index in [0.717, 1.165) is 0 Å². The van der Waals surface area contributed by atoms with Crippen LogP contribution in [0.4, 0.5) is 4.39 Å². The SMILES string of the molecule is O=C(NCC1CCC1)c1cccnc1Oc1ccc(F)cc1Br. The van der Waals surface area contributed by atoms with Crippen molar-refractivity contribution in [3.63, 3.8) is 0 Å². The molecule has 0 saturated heterocycles. The quantitative estimate of drug-likeness (QED) is 0.843. The van der Waals surface area contributed by atoms with Crippen LogP contribution in [0.25, 0.3) is 0 Å². The van der Waals surface area contributed by atoms with E-state index in [2.05, 4.69) is 26.2 Å². The number of benzene rings is 1. The molecule has 1 aliphatic rings. The highest BCUT2D eigenvalue weighted by molar-refractivity contribution is 9.10. The van der Waals surface area contributed by atoms with E-state index in [-0.39, 0.29) is 17.6 Å². The number of carbonyl (C=O) groups excluding carboxylic acids is 1. The molecule has 1 heterocycles. The Morgan fingerprint density at radius 3 is 2.91 bits per heavy atom. The maximum atomic E-state index is 13.1. The van der Waals surface area contributed by atoms with Crippen LogP contribution in [0.15, 0.2) is 41.0 Å². The Morgan fingerprint density at radius 1 is 1.39 bits per heavy atom. The first kappa shape index (κ1) is 15.9. The van der Waals surface area contributed by atoms with Crippen LogP contribution >= 0.6 is 15.9 Å². The fourth-order valence-electron chi connectivity index (χ4n) is 2.34. The van der Waals surface area contributed by atoms with Gasteiger partial charge in [0.1, 0.15) is 17.1 Å². The average molecular weight is 379 g/mol. The molecule has 1 N–H and O–H groups in total. The monoisotopic (exact) mass is 378 g/mol. The van der Waals surface area contributed by atoms with E-state index in [1.807, 2.05) is 0 Å². The Hall–Kier alpha value is -1.95. The summed E-state index contributed by atoms with van der Waals surface area (Å²) in [5.41, 5.74) is 0.364. The van der Waals surface area contributed by atoms with Gasteiger partial charge in [0, 0.05) is 12.7 Å². The third-order valence-electron chi connectivity index (χ3n) is 3.89. The van der Waals surface area contributed by atoms with E-state index in [9.17, 15) is 9.18 Å². The van der Waals surface area contributed by atoms with Crippen LogP contribution in [0.2, 0.25) is 0 Å². The second kappa shape index (κ2) is 7.08. The van der Waals surface area contributed by atoms with Gasteiger partial charge in [-0.25, -0.2) is 9.37 Å². The summed E-state index contributed by atoms with van der Waals surface area (Å²) < 4.78 is 19.3. The van der Waals surface area contributed by atoms with Gasteiger partial charge in [0.15, 0.2) is 0 Å². The van der Waals surface area contributed by atoms with Crippen LogP contribution in [-0.2, 0) is 0 Å². The van der Waals surface area contributed by atoms with Crippen molar-refractivity contribution in [3.8, 4) is 11.6 Å². The zero-order valence-electron chi connectivity index (χ0n) is 12.4. The van der Waals surface area contributed by atoms with Crippen LogP contribution in [-0.4, -0.2) is 17.4 Å². The van der Waals surface area contributed by atoms with E-state index in [1.54, 1.807) is 18.3 Å². The van der Waals surface area contributed by atoms with Crippen molar-refractivity contribution in [1.82, 2.24) is 10.3 Å². The van der Waals surface area contributed by atoms with Gasteiger partial charge in [-0.05, 0) is 65.0 Å². The third-order valence-corrected chi connectivity index (χ3v) is 4.51. The average Bonchev–Trinajstić information content (AvgIpc) is 2.49. The third kappa shape index (κ3) is 3.88. The molecule has 1 aliphatic carbocycles. The van der Waals surface area contributed by atoms with Crippen LogP contribution in [0, 0.1) is 11.7 Å². The van der Waals surface area contributed by atoms with Gasteiger partial charge in [0.05, 0.1) is 4.47 Å². The van der Waals surface area contributed by atoms with Crippen LogP contribution < -0.4 is 10.1 Å². The number of amides is 1. The number of nitrogens with one attached hydrogen (secondary N) is 1. The lowest BCUT2D eigenvalue weighted by Crippen LogP contribution is -2.32. The van der Waals surface area contributed by atoms with Gasteiger partial charge >= 0.3 is 0 Å². The predicted octanol–water partition coefficient (Wildman–Crippen LogP) is 4.31. The Balaban J connectivity index is 1.75. The summed E-state index contributed by atoms with van der Waals surface area (Å²) in [6.07, 6.45) is 5.12.